The molecule has 0 aliphatic rings. The predicted molar refractivity (Wildman–Crippen MR) is 109 cm³/mol. The Morgan fingerprint density at radius 3 is 2.71 bits per heavy atom. The molecule has 2 aromatic rings. The molecule has 0 fully saturated rings. The zero-order chi connectivity index (χ0) is 20.2. The molecule has 0 radical (unpaired) electrons. The zero-order valence-electron chi connectivity index (χ0n) is 16.4. The summed E-state index contributed by atoms with van der Waals surface area (Å²) in [6.07, 6.45) is 0. The molecule has 1 atom stereocenters. The number of aliphatic imine (C=N–C) groups is 1. The van der Waals surface area contributed by atoms with Crippen LogP contribution in [0.25, 0.3) is 0 Å². The molecule has 0 heterocycles. The van der Waals surface area contributed by atoms with Gasteiger partial charge in [0.15, 0.2) is 5.96 Å². The number of hydrogen-bond donors (Lipinski definition) is 2. The van der Waals surface area contributed by atoms with Crippen LogP contribution in [-0.4, -0.2) is 25.7 Å². The first-order chi connectivity index (χ1) is 13.6. The molecule has 0 saturated carbocycles. The van der Waals surface area contributed by atoms with Gasteiger partial charge in [-0.1, -0.05) is 37.3 Å². The number of ether oxygens (including phenoxy) is 1. The number of benzene rings is 2. The Morgan fingerprint density at radius 2 is 2.00 bits per heavy atom. The van der Waals surface area contributed by atoms with Gasteiger partial charge in [-0.25, -0.2) is 9.38 Å². The van der Waals surface area contributed by atoms with Crippen LogP contribution in [0.15, 0.2) is 53.5 Å². The number of nitriles is 1. The van der Waals surface area contributed by atoms with E-state index in [1.165, 1.54) is 18.2 Å². The standard InChI is InChI=1S/C22H27FN4O/c1-3-25-22(27-14-20-11-19(12-24)9-10-21(20)23)26-13-17(2)15-28-16-18-7-5-4-6-8-18/h4-11,17H,3,13-16H2,1-2H3,(H2,25,26,27). The average Bonchev–Trinajstić information content (AvgIpc) is 2.72. The molecule has 0 aromatic heterocycles. The van der Waals surface area contributed by atoms with Gasteiger partial charge < -0.3 is 15.4 Å². The van der Waals surface area contributed by atoms with Gasteiger partial charge in [-0.05, 0) is 36.6 Å². The molecule has 2 rings (SSSR count). The lowest BCUT2D eigenvalue weighted by atomic mass is 10.1. The van der Waals surface area contributed by atoms with Crippen LogP contribution in [0.4, 0.5) is 4.39 Å². The van der Waals surface area contributed by atoms with E-state index in [0.717, 1.165) is 5.56 Å². The van der Waals surface area contributed by atoms with E-state index in [1.54, 1.807) is 0 Å². The first-order valence-corrected chi connectivity index (χ1v) is 9.44. The number of hydrogen-bond acceptors (Lipinski definition) is 3. The van der Waals surface area contributed by atoms with Crippen LogP contribution in [0.1, 0.15) is 30.5 Å². The predicted octanol–water partition coefficient (Wildman–Crippen LogP) is 3.61. The van der Waals surface area contributed by atoms with Crippen molar-refractivity contribution in [2.24, 2.45) is 10.9 Å². The quantitative estimate of drug-likeness (QED) is 0.514. The van der Waals surface area contributed by atoms with Crippen LogP contribution in [-0.2, 0) is 17.9 Å². The van der Waals surface area contributed by atoms with Crippen LogP contribution in [0.5, 0.6) is 0 Å². The summed E-state index contributed by atoms with van der Waals surface area (Å²) in [4.78, 5) is 4.42. The van der Waals surface area contributed by atoms with E-state index in [0.29, 0.717) is 43.4 Å². The van der Waals surface area contributed by atoms with Gasteiger partial charge in [0.25, 0.3) is 0 Å². The van der Waals surface area contributed by atoms with E-state index >= 15 is 0 Å². The highest BCUT2D eigenvalue weighted by Gasteiger charge is 2.07. The molecule has 2 aromatic carbocycles. The molecule has 0 amide bonds. The molecule has 2 N–H and O–H groups in total. The highest BCUT2D eigenvalue weighted by atomic mass is 19.1. The van der Waals surface area contributed by atoms with Gasteiger partial charge in [0, 0.05) is 18.7 Å². The van der Waals surface area contributed by atoms with Crippen LogP contribution >= 0.6 is 0 Å². The summed E-state index contributed by atoms with van der Waals surface area (Å²) in [6, 6.07) is 16.4. The number of nitrogens with zero attached hydrogens (tertiary/aromatic N) is 2. The van der Waals surface area contributed by atoms with E-state index in [2.05, 4.69) is 22.5 Å². The molecular weight excluding hydrogens is 355 g/mol. The maximum Gasteiger partial charge on any atom is 0.191 e. The lowest BCUT2D eigenvalue weighted by molar-refractivity contribution is 0.0931. The summed E-state index contributed by atoms with van der Waals surface area (Å²) in [5.74, 6) is 0.534. The molecule has 148 valence electrons. The largest absolute Gasteiger partial charge is 0.376 e. The number of nitrogens with one attached hydrogen (secondary N) is 2. The molecule has 0 spiro atoms. The van der Waals surface area contributed by atoms with Crippen molar-refractivity contribution in [2.75, 3.05) is 19.7 Å². The molecule has 28 heavy (non-hydrogen) atoms. The van der Waals surface area contributed by atoms with Gasteiger partial charge in [-0.2, -0.15) is 5.26 Å². The maximum atomic E-state index is 13.9. The Labute approximate surface area is 166 Å². The first-order valence-electron chi connectivity index (χ1n) is 9.44. The third-order valence-electron chi connectivity index (χ3n) is 4.06. The molecular formula is C22H27FN4O. The highest BCUT2D eigenvalue weighted by Crippen LogP contribution is 2.11. The van der Waals surface area contributed by atoms with E-state index in [9.17, 15) is 4.39 Å². The monoisotopic (exact) mass is 382 g/mol. The smallest absolute Gasteiger partial charge is 0.191 e. The lowest BCUT2D eigenvalue weighted by Gasteiger charge is -2.16. The average molecular weight is 382 g/mol. The Kier molecular flexibility index (Phi) is 8.96. The van der Waals surface area contributed by atoms with Gasteiger partial charge in [0.05, 0.1) is 31.4 Å². The minimum absolute atomic E-state index is 0.162. The Bertz CT molecular complexity index is 802. The van der Waals surface area contributed by atoms with Crippen LogP contribution in [0.2, 0.25) is 0 Å². The summed E-state index contributed by atoms with van der Waals surface area (Å²) in [5.41, 5.74) is 1.98. The SMILES string of the molecule is CCNC(=NCc1cc(C#N)ccc1F)NCC(C)COCc1ccccc1. The number of rotatable bonds is 9. The molecule has 1 unspecified atom stereocenters. The van der Waals surface area contributed by atoms with Crippen molar-refractivity contribution >= 4 is 5.96 Å². The summed E-state index contributed by atoms with van der Waals surface area (Å²) >= 11 is 0. The van der Waals surface area contributed by atoms with Crippen molar-refractivity contribution in [1.82, 2.24) is 10.6 Å². The van der Waals surface area contributed by atoms with E-state index < -0.39 is 0 Å². The van der Waals surface area contributed by atoms with E-state index in [4.69, 9.17) is 10.00 Å². The Hall–Kier alpha value is -2.91. The summed E-state index contributed by atoms with van der Waals surface area (Å²) in [7, 11) is 0. The van der Waals surface area contributed by atoms with Crippen molar-refractivity contribution in [3.63, 3.8) is 0 Å². The van der Waals surface area contributed by atoms with Crippen LogP contribution in [0.3, 0.4) is 0 Å². The van der Waals surface area contributed by atoms with Crippen molar-refractivity contribution < 1.29 is 9.13 Å². The molecule has 0 saturated heterocycles. The fourth-order valence-electron chi connectivity index (χ4n) is 2.55. The van der Waals surface area contributed by atoms with Gasteiger partial charge in [-0.3, -0.25) is 0 Å². The highest BCUT2D eigenvalue weighted by molar-refractivity contribution is 5.79. The second-order valence-corrected chi connectivity index (χ2v) is 6.60. The van der Waals surface area contributed by atoms with Gasteiger partial charge in [0.2, 0.25) is 0 Å². The second kappa shape index (κ2) is 11.7. The fourth-order valence-corrected chi connectivity index (χ4v) is 2.55. The second-order valence-electron chi connectivity index (χ2n) is 6.60. The zero-order valence-corrected chi connectivity index (χ0v) is 16.4. The molecule has 0 aliphatic carbocycles. The molecule has 0 bridgehead atoms. The van der Waals surface area contributed by atoms with E-state index in [1.807, 2.05) is 43.3 Å². The minimum atomic E-state index is -0.360. The normalized spacial score (nSPS) is 12.3. The van der Waals surface area contributed by atoms with E-state index in [-0.39, 0.29) is 18.3 Å². The van der Waals surface area contributed by atoms with Crippen molar-refractivity contribution in [1.29, 1.82) is 5.26 Å². The van der Waals surface area contributed by atoms with Crippen LogP contribution in [0, 0.1) is 23.1 Å². The maximum absolute atomic E-state index is 13.9. The Balaban J connectivity index is 1.83. The third-order valence-corrected chi connectivity index (χ3v) is 4.06. The minimum Gasteiger partial charge on any atom is -0.376 e. The molecule has 6 heteroatoms. The van der Waals surface area contributed by atoms with Gasteiger partial charge in [0.1, 0.15) is 5.82 Å². The summed E-state index contributed by atoms with van der Waals surface area (Å²) in [5, 5.41) is 15.4. The topological polar surface area (TPSA) is 69.4 Å². The number of guanidine groups is 1. The summed E-state index contributed by atoms with van der Waals surface area (Å²) in [6.45, 7) is 6.83. The lowest BCUT2D eigenvalue weighted by Crippen LogP contribution is -2.40. The number of halogens is 1. The summed E-state index contributed by atoms with van der Waals surface area (Å²) < 4.78 is 19.7. The molecule has 0 aliphatic heterocycles. The van der Waals surface area contributed by atoms with Crippen molar-refractivity contribution in [3.05, 3.63) is 71.0 Å². The molecule has 5 nitrogen and oxygen atoms in total. The van der Waals surface area contributed by atoms with Crippen molar-refractivity contribution in [3.8, 4) is 6.07 Å². The van der Waals surface area contributed by atoms with Gasteiger partial charge in [-0.15, -0.1) is 0 Å². The van der Waals surface area contributed by atoms with Crippen LogP contribution < -0.4 is 10.6 Å². The third kappa shape index (κ3) is 7.37. The fraction of sp³-hybridized carbons (Fsp3) is 0.364. The van der Waals surface area contributed by atoms with Gasteiger partial charge >= 0.3 is 0 Å². The Morgan fingerprint density at radius 1 is 1.21 bits per heavy atom. The van der Waals surface area contributed by atoms with Crippen molar-refractivity contribution in [2.45, 2.75) is 27.0 Å². The first kappa shape index (κ1) is 21.4.